The summed E-state index contributed by atoms with van der Waals surface area (Å²) >= 11 is 21.9. The summed E-state index contributed by atoms with van der Waals surface area (Å²) in [5.74, 6) is 1.12. The maximum absolute atomic E-state index is 8.41. The maximum atomic E-state index is 8.41. The molecule has 4 rings (SSSR count). The van der Waals surface area contributed by atoms with Crippen molar-refractivity contribution in [3.63, 3.8) is 0 Å². The number of halogens is 4. The second-order valence-corrected chi connectivity index (χ2v) is 7.74. The molecule has 1 aromatic heterocycles. The van der Waals surface area contributed by atoms with Crippen LogP contribution in [0.3, 0.4) is 0 Å². The molecule has 0 saturated heterocycles. The van der Waals surface area contributed by atoms with E-state index in [0.29, 0.717) is 31.7 Å². The van der Waals surface area contributed by atoms with E-state index in [1.54, 1.807) is 41.2 Å². The van der Waals surface area contributed by atoms with E-state index in [-0.39, 0.29) is 0 Å². The second kappa shape index (κ2) is 12.1. The third-order valence-corrected chi connectivity index (χ3v) is 5.29. The molecular weight excluding hydrogens is 529 g/mol. The number of hydrazone groups is 1. The molecule has 0 aliphatic carbocycles. The predicted octanol–water partition coefficient (Wildman–Crippen LogP) is 5.00. The van der Waals surface area contributed by atoms with E-state index in [1.807, 2.05) is 17.1 Å². The van der Waals surface area contributed by atoms with Crippen LogP contribution >= 0.6 is 46.4 Å². The molecule has 1 aliphatic rings. The summed E-state index contributed by atoms with van der Waals surface area (Å²) in [4.78, 5) is 0. The van der Waals surface area contributed by atoms with Crippen LogP contribution in [0.2, 0.25) is 20.1 Å². The Morgan fingerprint density at radius 3 is 1.84 bits per heavy atom. The minimum absolute atomic E-state index is 0.469. The van der Waals surface area contributed by atoms with Gasteiger partial charge in [-0.3, -0.25) is 5.01 Å². The van der Waals surface area contributed by atoms with E-state index in [4.69, 9.17) is 65.5 Å². The first-order valence-corrected chi connectivity index (χ1v) is 10.9. The fraction of sp³-hybridized carbons (Fsp3) is 0.111. The van der Waals surface area contributed by atoms with Gasteiger partial charge in [-0.05, 0) is 36.4 Å². The van der Waals surface area contributed by atoms with Crippen LogP contribution in [0.1, 0.15) is 6.42 Å². The Balaban J connectivity index is 0.000000196. The van der Waals surface area contributed by atoms with Gasteiger partial charge in [0, 0.05) is 25.2 Å². The summed E-state index contributed by atoms with van der Waals surface area (Å²) < 4.78 is 18.4. The first kappa shape index (κ1) is 25.3. The molecule has 0 spiro atoms. The van der Waals surface area contributed by atoms with Crippen LogP contribution in [0.25, 0.3) is 5.69 Å². The molecule has 31 heavy (non-hydrogen) atoms. The Morgan fingerprint density at radius 2 is 1.39 bits per heavy atom. The zero-order valence-corrected chi connectivity index (χ0v) is 19.9. The van der Waals surface area contributed by atoms with Gasteiger partial charge in [0.15, 0.2) is 0 Å². The van der Waals surface area contributed by atoms with E-state index in [1.165, 1.54) is 0 Å². The zero-order chi connectivity index (χ0) is 23.0. The third kappa shape index (κ3) is 7.57. The molecule has 2 aromatic carbocycles. The number of benzene rings is 2. The van der Waals surface area contributed by atoms with Crippen molar-refractivity contribution in [2.45, 2.75) is 6.42 Å². The molecule has 165 valence electrons. The van der Waals surface area contributed by atoms with Gasteiger partial charge in [0.1, 0.15) is 11.7 Å². The van der Waals surface area contributed by atoms with E-state index in [2.05, 4.69) is 10.2 Å². The van der Waals surface area contributed by atoms with E-state index in [9.17, 15) is 0 Å². The van der Waals surface area contributed by atoms with Gasteiger partial charge >= 0.3 is 22.5 Å². The number of hydrogen-bond acceptors (Lipinski definition) is 7. The van der Waals surface area contributed by atoms with Crippen LogP contribution in [0, 0.1) is 0 Å². The van der Waals surface area contributed by atoms with Crippen molar-refractivity contribution in [3.05, 3.63) is 68.8 Å². The zero-order valence-electron chi connectivity index (χ0n) is 15.7. The first-order chi connectivity index (χ1) is 14.7. The molecule has 4 N–H and O–H groups in total. The van der Waals surface area contributed by atoms with E-state index < -0.39 is 14.8 Å². The van der Waals surface area contributed by atoms with Crippen LogP contribution in [-0.2, 0) is 22.5 Å². The van der Waals surface area contributed by atoms with Crippen molar-refractivity contribution in [2.24, 2.45) is 10.8 Å². The van der Waals surface area contributed by atoms with Gasteiger partial charge in [0.05, 0.1) is 31.5 Å². The van der Waals surface area contributed by atoms with Crippen molar-refractivity contribution in [2.75, 3.05) is 17.3 Å². The van der Waals surface area contributed by atoms with Gasteiger partial charge in [0.25, 0.3) is 0 Å². The van der Waals surface area contributed by atoms with Crippen LogP contribution in [0.4, 0.5) is 11.5 Å². The Labute approximate surface area is 204 Å². The van der Waals surface area contributed by atoms with Crippen molar-refractivity contribution in [1.29, 1.82) is 0 Å². The predicted molar refractivity (Wildman–Crippen MR) is 119 cm³/mol. The van der Waals surface area contributed by atoms with Gasteiger partial charge in [0.2, 0.25) is 0 Å². The fourth-order valence-electron chi connectivity index (χ4n) is 2.42. The van der Waals surface area contributed by atoms with Gasteiger partial charge in [-0.2, -0.15) is 10.2 Å². The van der Waals surface area contributed by atoms with E-state index >= 15 is 0 Å². The number of amidine groups is 1. The Kier molecular flexibility index (Phi) is 9.89. The van der Waals surface area contributed by atoms with Gasteiger partial charge in [-0.1, -0.05) is 46.4 Å². The molecular formula is C18H16Cl4MnN6O2. The number of nitrogens with two attached hydrogens (primary N) is 2. The number of hydrogen-bond donors (Lipinski definition) is 2. The van der Waals surface area contributed by atoms with Crippen LogP contribution < -0.4 is 16.5 Å². The molecule has 0 unspecified atom stereocenters. The van der Waals surface area contributed by atoms with Crippen LogP contribution in [0.15, 0.2) is 53.8 Å². The average Bonchev–Trinajstić information content (AvgIpc) is 3.36. The molecule has 1 aliphatic heterocycles. The molecule has 8 nitrogen and oxygen atoms in total. The molecule has 0 radical (unpaired) electrons. The first-order valence-electron chi connectivity index (χ1n) is 8.46. The van der Waals surface area contributed by atoms with Crippen molar-refractivity contribution >= 4 is 63.7 Å². The standard InChI is InChI=1S/C9H9Cl2N3.C9H7Cl2N3.Mn.2O/c2*10-7-2-1-6(5-8(7)11)14-4-3-9(12)13-14;;;/h1-2,5H,3-4H2,(H2,12,13);1-5H,(H2,12,13);;;. The number of aromatic nitrogens is 2. The average molecular weight is 545 g/mol. The normalized spacial score (nSPS) is 12.3. The molecule has 0 fully saturated rings. The van der Waals surface area contributed by atoms with Crippen LogP contribution in [0.5, 0.6) is 0 Å². The number of anilines is 2. The third-order valence-electron chi connectivity index (χ3n) is 3.81. The molecule has 0 amide bonds. The molecule has 13 heteroatoms. The van der Waals surface area contributed by atoms with Crippen LogP contribution in [-0.4, -0.2) is 22.2 Å². The van der Waals surface area contributed by atoms with Crippen molar-refractivity contribution < 1.29 is 22.5 Å². The van der Waals surface area contributed by atoms with E-state index in [0.717, 1.165) is 24.3 Å². The number of nitrogen functional groups attached to an aromatic ring is 1. The molecule has 2 heterocycles. The molecule has 0 saturated carbocycles. The fourth-order valence-corrected chi connectivity index (χ4v) is 3.00. The molecule has 3 aromatic rings. The number of rotatable bonds is 2. The molecule has 0 bridgehead atoms. The number of nitrogens with zero attached hydrogens (tertiary/aromatic N) is 4. The summed E-state index contributed by atoms with van der Waals surface area (Å²) in [5, 5.41) is 12.1. The summed E-state index contributed by atoms with van der Waals surface area (Å²) in [6.45, 7) is 0.795. The second-order valence-electron chi connectivity index (χ2n) is 5.91. The Hall–Kier alpha value is -2.00. The minimum atomic E-state index is -1.44. The Morgan fingerprint density at radius 1 is 0.839 bits per heavy atom. The van der Waals surface area contributed by atoms with Crippen molar-refractivity contribution in [3.8, 4) is 5.69 Å². The van der Waals surface area contributed by atoms with Gasteiger partial charge in [-0.15, -0.1) is 0 Å². The quantitative estimate of drug-likeness (QED) is 0.438. The molecule has 0 atom stereocenters. The Bertz CT molecular complexity index is 1120. The van der Waals surface area contributed by atoms with Gasteiger partial charge < -0.3 is 11.5 Å². The van der Waals surface area contributed by atoms with Gasteiger partial charge in [-0.25, -0.2) is 4.68 Å². The summed E-state index contributed by atoms with van der Waals surface area (Å²) in [6.07, 6.45) is 2.55. The summed E-state index contributed by atoms with van der Waals surface area (Å²) in [7, 11) is 0. The monoisotopic (exact) mass is 543 g/mol. The van der Waals surface area contributed by atoms with Crippen molar-refractivity contribution in [1.82, 2.24) is 9.78 Å². The summed E-state index contributed by atoms with van der Waals surface area (Å²) in [6, 6.07) is 12.4. The summed E-state index contributed by atoms with van der Waals surface area (Å²) in [5.41, 5.74) is 12.8. The SMILES string of the molecule is NC1=NN(c2ccc(Cl)c(Cl)c2)CC1.Nc1ccn(-c2ccc(Cl)c(Cl)c2)n1.[O]=[Mn]=[O]. The topological polar surface area (TPSA) is 120 Å².